The molecule has 5 nitrogen and oxygen atoms in total. The van der Waals surface area contributed by atoms with Crippen molar-refractivity contribution in [1.29, 1.82) is 0 Å². The number of hydrogen-bond acceptors (Lipinski definition) is 7. The van der Waals surface area contributed by atoms with Gasteiger partial charge in [-0.1, -0.05) is 11.3 Å². The molecule has 0 aliphatic heterocycles. The molecule has 19 heavy (non-hydrogen) atoms. The van der Waals surface area contributed by atoms with Gasteiger partial charge in [0, 0.05) is 16.3 Å². The van der Waals surface area contributed by atoms with Crippen LogP contribution in [0.3, 0.4) is 0 Å². The summed E-state index contributed by atoms with van der Waals surface area (Å²) in [6.45, 7) is 0. The van der Waals surface area contributed by atoms with E-state index in [0.29, 0.717) is 5.13 Å². The summed E-state index contributed by atoms with van der Waals surface area (Å²) in [5.41, 5.74) is 3.45. The molecule has 0 aliphatic rings. The Balaban J connectivity index is 1.65. The van der Waals surface area contributed by atoms with Gasteiger partial charge in [-0.2, -0.15) is 11.3 Å². The van der Waals surface area contributed by atoms with Crippen molar-refractivity contribution < 1.29 is 4.79 Å². The van der Waals surface area contributed by atoms with Gasteiger partial charge in [-0.05, 0) is 11.4 Å². The SMILES string of the molecule is O=C(Cc1csc(-c2ccsc2)n1)Nc1nncs1. The lowest BCUT2D eigenvalue weighted by Crippen LogP contribution is -2.14. The molecule has 0 spiro atoms. The number of nitrogens with zero attached hydrogens (tertiary/aromatic N) is 3. The van der Waals surface area contributed by atoms with E-state index in [1.807, 2.05) is 22.2 Å². The van der Waals surface area contributed by atoms with Crippen LogP contribution >= 0.6 is 34.0 Å². The minimum absolute atomic E-state index is 0.126. The first kappa shape index (κ1) is 12.4. The van der Waals surface area contributed by atoms with Gasteiger partial charge in [0.2, 0.25) is 11.0 Å². The van der Waals surface area contributed by atoms with Gasteiger partial charge in [0.1, 0.15) is 10.5 Å². The molecule has 0 bridgehead atoms. The maximum Gasteiger partial charge on any atom is 0.232 e. The van der Waals surface area contributed by atoms with Crippen LogP contribution in [0.25, 0.3) is 10.6 Å². The van der Waals surface area contributed by atoms with Gasteiger partial charge in [-0.3, -0.25) is 4.79 Å². The molecule has 1 N–H and O–H groups in total. The molecule has 0 atom stereocenters. The Morgan fingerprint density at radius 1 is 1.32 bits per heavy atom. The summed E-state index contributed by atoms with van der Waals surface area (Å²) in [5.74, 6) is -0.126. The van der Waals surface area contributed by atoms with E-state index in [0.717, 1.165) is 16.3 Å². The Kier molecular flexibility index (Phi) is 3.62. The predicted molar refractivity (Wildman–Crippen MR) is 77.7 cm³/mol. The van der Waals surface area contributed by atoms with Crippen molar-refractivity contribution in [1.82, 2.24) is 15.2 Å². The first-order valence-corrected chi connectivity index (χ1v) is 8.04. The van der Waals surface area contributed by atoms with Crippen LogP contribution in [0, 0.1) is 0 Å². The average molecular weight is 308 g/mol. The van der Waals surface area contributed by atoms with Crippen molar-refractivity contribution in [3.63, 3.8) is 0 Å². The zero-order valence-corrected chi connectivity index (χ0v) is 12.0. The third-order valence-electron chi connectivity index (χ3n) is 2.27. The van der Waals surface area contributed by atoms with Gasteiger partial charge >= 0.3 is 0 Å². The molecule has 0 fully saturated rings. The molecule has 0 saturated carbocycles. The molecule has 3 aromatic rings. The minimum atomic E-state index is -0.126. The number of anilines is 1. The highest BCUT2D eigenvalue weighted by molar-refractivity contribution is 7.14. The predicted octanol–water partition coefficient (Wildman–Crippen LogP) is 2.90. The highest BCUT2D eigenvalue weighted by atomic mass is 32.1. The largest absolute Gasteiger partial charge is 0.300 e. The van der Waals surface area contributed by atoms with E-state index < -0.39 is 0 Å². The Hall–Kier alpha value is -1.64. The highest BCUT2D eigenvalue weighted by Crippen LogP contribution is 2.25. The van der Waals surface area contributed by atoms with Gasteiger partial charge in [0.05, 0.1) is 12.1 Å². The lowest BCUT2D eigenvalue weighted by Gasteiger charge is -1.97. The zero-order valence-electron chi connectivity index (χ0n) is 9.57. The fourth-order valence-corrected chi connectivity index (χ4v) is 3.46. The molecular formula is C11H8N4OS3. The first-order valence-electron chi connectivity index (χ1n) is 5.34. The van der Waals surface area contributed by atoms with Crippen molar-refractivity contribution >= 4 is 45.0 Å². The van der Waals surface area contributed by atoms with Crippen LogP contribution in [-0.2, 0) is 11.2 Å². The van der Waals surface area contributed by atoms with Crippen LogP contribution in [0.4, 0.5) is 5.13 Å². The summed E-state index contributed by atoms with van der Waals surface area (Å²) < 4.78 is 0. The Morgan fingerprint density at radius 2 is 2.26 bits per heavy atom. The summed E-state index contributed by atoms with van der Waals surface area (Å²) in [6, 6.07) is 2.02. The summed E-state index contributed by atoms with van der Waals surface area (Å²) in [6.07, 6.45) is 0.250. The molecule has 3 aromatic heterocycles. The van der Waals surface area contributed by atoms with Gasteiger partial charge in [-0.15, -0.1) is 21.5 Å². The Labute approximate surface area is 121 Å². The fraction of sp³-hybridized carbons (Fsp3) is 0.0909. The lowest BCUT2D eigenvalue weighted by atomic mass is 10.3. The van der Waals surface area contributed by atoms with E-state index in [1.54, 1.807) is 28.2 Å². The van der Waals surface area contributed by atoms with Crippen LogP contribution in [0.2, 0.25) is 0 Å². The van der Waals surface area contributed by atoms with Crippen LogP contribution in [-0.4, -0.2) is 21.1 Å². The summed E-state index contributed by atoms with van der Waals surface area (Å²) >= 11 is 4.48. The van der Waals surface area contributed by atoms with Gasteiger partial charge in [0.25, 0.3) is 0 Å². The molecular weight excluding hydrogens is 300 g/mol. The highest BCUT2D eigenvalue weighted by Gasteiger charge is 2.10. The second-order valence-corrected chi connectivity index (χ2v) is 6.10. The number of carbonyl (C=O) groups excluding carboxylic acids is 1. The number of hydrogen-bond donors (Lipinski definition) is 1. The molecule has 1 amide bonds. The fourth-order valence-electron chi connectivity index (χ4n) is 1.46. The Bertz CT molecular complexity index is 660. The second-order valence-electron chi connectivity index (χ2n) is 3.62. The van der Waals surface area contributed by atoms with E-state index in [4.69, 9.17) is 0 Å². The summed E-state index contributed by atoms with van der Waals surface area (Å²) in [7, 11) is 0. The van der Waals surface area contributed by atoms with Gasteiger partial charge in [-0.25, -0.2) is 4.98 Å². The van der Waals surface area contributed by atoms with E-state index in [1.165, 1.54) is 11.3 Å². The molecule has 96 valence electrons. The molecule has 0 aromatic carbocycles. The zero-order chi connectivity index (χ0) is 13.1. The number of aromatic nitrogens is 3. The van der Waals surface area contributed by atoms with Crippen molar-refractivity contribution in [2.45, 2.75) is 6.42 Å². The maximum atomic E-state index is 11.8. The molecule has 8 heteroatoms. The molecule has 3 rings (SSSR count). The first-order chi connectivity index (χ1) is 9.31. The molecule has 0 aliphatic carbocycles. The van der Waals surface area contributed by atoms with Gasteiger partial charge < -0.3 is 5.32 Å². The van der Waals surface area contributed by atoms with Crippen molar-refractivity contribution in [3.8, 4) is 10.6 Å². The number of amides is 1. The van der Waals surface area contributed by atoms with Crippen LogP contribution < -0.4 is 5.32 Å². The molecule has 3 heterocycles. The van der Waals surface area contributed by atoms with E-state index in [2.05, 4.69) is 20.5 Å². The third kappa shape index (κ3) is 3.03. The van der Waals surface area contributed by atoms with Crippen LogP contribution in [0.15, 0.2) is 27.7 Å². The topological polar surface area (TPSA) is 67.8 Å². The van der Waals surface area contributed by atoms with E-state index in [9.17, 15) is 4.79 Å². The average Bonchev–Trinajstić information content (AvgIpc) is 3.09. The van der Waals surface area contributed by atoms with Crippen molar-refractivity contribution in [2.75, 3.05) is 5.32 Å². The smallest absolute Gasteiger partial charge is 0.232 e. The number of nitrogens with one attached hydrogen (secondary N) is 1. The normalized spacial score (nSPS) is 10.5. The number of thiophene rings is 1. The second kappa shape index (κ2) is 5.55. The standard InChI is InChI=1S/C11H8N4OS3/c16-9(14-11-15-12-6-19-11)3-8-5-18-10(13-8)7-1-2-17-4-7/h1-2,4-6H,3H2,(H,14,15,16). The van der Waals surface area contributed by atoms with Crippen molar-refractivity contribution in [2.24, 2.45) is 0 Å². The van der Waals surface area contributed by atoms with Gasteiger partial charge in [0.15, 0.2) is 0 Å². The molecule has 0 unspecified atom stereocenters. The van der Waals surface area contributed by atoms with Crippen LogP contribution in [0.1, 0.15) is 5.69 Å². The maximum absolute atomic E-state index is 11.8. The van der Waals surface area contributed by atoms with E-state index in [-0.39, 0.29) is 12.3 Å². The number of rotatable bonds is 4. The molecule has 0 radical (unpaired) electrons. The third-order valence-corrected chi connectivity index (χ3v) is 4.50. The number of thiazole rings is 1. The number of carbonyl (C=O) groups is 1. The quantitative estimate of drug-likeness (QED) is 0.804. The lowest BCUT2D eigenvalue weighted by molar-refractivity contribution is -0.115. The molecule has 0 saturated heterocycles. The van der Waals surface area contributed by atoms with E-state index >= 15 is 0 Å². The monoisotopic (exact) mass is 308 g/mol. The Morgan fingerprint density at radius 3 is 3.00 bits per heavy atom. The van der Waals surface area contributed by atoms with Crippen LogP contribution in [0.5, 0.6) is 0 Å². The summed E-state index contributed by atoms with van der Waals surface area (Å²) in [5, 5.41) is 17.5. The summed E-state index contributed by atoms with van der Waals surface area (Å²) in [4.78, 5) is 16.2. The minimum Gasteiger partial charge on any atom is -0.300 e. The van der Waals surface area contributed by atoms with Crippen molar-refractivity contribution in [3.05, 3.63) is 33.4 Å².